The largest absolute Gasteiger partial charge is 0.356 e. The molecule has 0 fully saturated rings. The molecular formula is C14H26N4O. The SMILES string of the molecule is CCCC(N)CC(=O)NCCCn1nc(C)cc1C. The molecule has 5 nitrogen and oxygen atoms in total. The Balaban J connectivity index is 2.17. The number of carbonyl (C=O) groups is 1. The molecule has 1 rings (SSSR count). The number of nitrogens with zero attached hydrogens (tertiary/aromatic N) is 2. The van der Waals surface area contributed by atoms with Crippen LogP contribution in [0.2, 0.25) is 0 Å². The van der Waals surface area contributed by atoms with Crippen molar-refractivity contribution in [2.75, 3.05) is 6.54 Å². The summed E-state index contributed by atoms with van der Waals surface area (Å²) in [7, 11) is 0. The predicted molar refractivity (Wildman–Crippen MR) is 76.8 cm³/mol. The Bertz CT molecular complexity index is 400. The number of amides is 1. The average molecular weight is 266 g/mol. The van der Waals surface area contributed by atoms with Crippen molar-refractivity contribution >= 4 is 5.91 Å². The summed E-state index contributed by atoms with van der Waals surface area (Å²) in [5.41, 5.74) is 8.02. The molecule has 1 amide bonds. The van der Waals surface area contributed by atoms with Gasteiger partial charge in [-0.3, -0.25) is 9.48 Å². The third kappa shape index (κ3) is 5.87. The Labute approximate surface area is 115 Å². The number of rotatable bonds is 8. The summed E-state index contributed by atoms with van der Waals surface area (Å²) in [5, 5.41) is 7.29. The van der Waals surface area contributed by atoms with E-state index >= 15 is 0 Å². The topological polar surface area (TPSA) is 72.9 Å². The van der Waals surface area contributed by atoms with Crippen molar-refractivity contribution in [2.45, 2.75) is 59.0 Å². The van der Waals surface area contributed by atoms with Gasteiger partial charge in [-0.2, -0.15) is 5.10 Å². The third-order valence-electron chi connectivity index (χ3n) is 3.08. The molecule has 0 saturated carbocycles. The zero-order valence-electron chi connectivity index (χ0n) is 12.3. The first-order chi connectivity index (χ1) is 9.02. The van der Waals surface area contributed by atoms with Crippen LogP contribution in [-0.4, -0.2) is 28.3 Å². The van der Waals surface area contributed by atoms with E-state index in [-0.39, 0.29) is 11.9 Å². The Morgan fingerprint density at radius 1 is 1.53 bits per heavy atom. The molecule has 1 aromatic rings. The van der Waals surface area contributed by atoms with Gasteiger partial charge in [-0.15, -0.1) is 0 Å². The van der Waals surface area contributed by atoms with Crippen molar-refractivity contribution in [3.05, 3.63) is 17.5 Å². The van der Waals surface area contributed by atoms with Crippen LogP contribution in [0.4, 0.5) is 0 Å². The van der Waals surface area contributed by atoms with E-state index in [2.05, 4.69) is 23.4 Å². The first kappa shape index (κ1) is 15.7. The molecule has 3 N–H and O–H groups in total. The number of nitrogens with one attached hydrogen (secondary N) is 1. The molecule has 5 heteroatoms. The molecule has 0 aliphatic rings. The number of carbonyl (C=O) groups excluding carboxylic acids is 1. The van der Waals surface area contributed by atoms with Crippen LogP contribution in [0.3, 0.4) is 0 Å². The van der Waals surface area contributed by atoms with Crippen LogP contribution in [0.15, 0.2) is 6.07 Å². The Morgan fingerprint density at radius 3 is 2.84 bits per heavy atom. The van der Waals surface area contributed by atoms with E-state index in [1.165, 1.54) is 0 Å². The number of hydrogen-bond acceptors (Lipinski definition) is 3. The van der Waals surface area contributed by atoms with Crippen LogP contribution < -0.4 is 11.1 Å². The van der Waals surface area contributed by atoms with Gasteiger partial charge in [0.15, 0.2) is 0 Å². The van der Waals surface area contributed by atoms with E-state index in [4.69, 9.17) is 5.73 Å². The summed E-state index contributed by atoms with van der Waals surface area (Å²) < 4.78 is 1.98. The fraction of sp³-hybridized carbons (Fsp3) is 0.714. The lowest BCUT2D eigenvalue weighted by molar-refractivity contribution is -0.121. The van der Waals surface area contributed by atoms with Gasteiger partial charge in [0.2, 0.25) is 5.91 Å². The molecule has 0 bridgehead atoms. The summed E-state index contributed by atoms with van der Waals surface area (Å²) in [6.07, 6.45) is 3.23. The van der Waals surface area contributed by atoms with Gasteiger partial charge < -0.3 is 11.1 Å². The summed E-state index contributed by atoms with van der Waals surface area (Å²) in [6.45, 7) is 7.62. The van der Waals surface area contributed by atoms with Gasteiger partial charge in [-0.05, 0) is 32.8 Å². The van der Waals surface area contributed by atoms with Crippen LogP contribution in [0.25, 0.3) is 0 Å². The number of aryl methyl sites for hydroxylation is 3. The molecule has 0 saturated heterocycles. The molecule has 1 atom stereocenters. The minimum absolute atomic E-state index is 0.0130. The maximum atomic E-state index is 11.6. The van der Waals surface area contributed by atoms with Gasteiger partial charge in [0.1, 0.15) is 0 Å². The van der Waals surface area contributed by atoms with E-state index in [1.54, 1.807) is 0 Å². The lowest BCUT2D eigenvalue weighted by Crippen LogP contribution is -2.32. The summed E-state index contributed by atoms with van der Waals surface area (Å²) in [4.78, 5) is 11.6. The second kappa shape index (κ2) is 7.94. The van der Waals surface area contributed by atoms with Crippen molar-refractivity contribution in [3.8, 4) is 0 Å². The molecule has 1 heterocycles. The average Bonchev–Trinajstić information content (AvgIpc) is 2.63. The summed E-state index contributed by atoms with van der Waals surface area (Å²) in [5.74, 6) is 0.0503. The number of nitrogens with two attached hydrogens (primary N) is 1. The van der Waals surface area contributed by atoms with E-state index in [9.17, 15) is 4.79 Å². The van der Waals surface area contributed by atoms with Crippen molar-refractivity contribution in [1.82, 2.24) is 15.1 Å². The van der Waals surface area contributed by atoms with E-state index in [0.29, 0.717) is 13.0 Å². The van der Waals surface area contributed by atoms with Crippen molar-refractivity contribution in [1.29, 1.82) is 0 Å². The van der Waals surface area contributed by atoms with Crippen LogP contribution in [-0.2, 0) is 11.3 Å². The van der Waals surface area contributed by atoms with E-state index < -0.39 is 0 Å². The minimum atomic E-state index is -0.0130. The van der Waals surface area contributed by atoms with Gasteiger partial charge in [-0.1, -0.05) is 13.3 Å². The van der Waals surface area contributed by atoms with Gasteiger partial charge in [0.25, 0.3) is 0 Å². The normalized spacial score (nSPS) is 12.4. The van der Waals surface area contributed by atoms with Crippen molar-refractivity contribution < 1.29 is 4.79 Å². The summed E-state index contributed by atoms with van der Waals surface area (Å²) in [6, 6.07) is 2.04. The van der Waals surface area contributed by atoms with E-state index in [0.717, 1.165) is 37.2 Å². The van der Waals surface area contributed by atoms with Crippen LogP contribution in [0.1, 0.15) is 44.0 Å². The standard InChI is InChI=1S/C14H26N4O/c1-4-6-13(15)10-14(19)16-7-5-8-18-12(3)9-11(2)17-18/h9,13H,4-8,10,15H2,1-3H3,(H,16,19). The van der Waals surface area contributed by atoms with Crippen molar-refractivity contribution in [2.24, 2.45) is 5.73 Å². The van der Waals surface area contributed by atoms with Crippen molar-refractivity contribution in [3.63, 3.8) is 0 Å². The van der Waals surface area contributed by atoms with Crippen LogP contribution >= 0.6 is 0 Å². The fourth-order valence-corrected chi connectivity index (χ4v) is 2.14. The number of aromatic nitrogens is 2. The molecule has 0 aliphatic carbocycles. The molecule has 1 aromatic heterocycles. The predicted octanol–water partition coefficient (Wildman–Crippen LogP) is 1.52. The van der Waals surface area contributed by atoms with Gasteiger partial charge in [-0.25, -0.2) is 0 Å². The van der Waals surface area contributed by atoms with Crippen LogP contribution in [0.5, 0.6) is 0 Å². The highest BCUT2D eigenvalue weighted by molar-refractivity contribution is 5.76. The van der Waals surface area contributed by atoms with Gasteiger partial charge >= 0.3 is 0 Å². The quantitative estimate of drug-likeness (QED) is 0.701. The van der Waals surface area contributed by atoms with Gasteiger partial charge in [0, 0.05) is 31.2 Å². The smallest absolute Gasteiger partial charge is 0.221 e. The molecule has 19 heavy (non-hydrogen) atoms. The molecule has 0 aliphatic heterocycles. The molecular weight excluding hydrogens is 240 g/mol. The molecule has 0 radical (unpaired) electrons. The summed E-state index contributed by atoms with van der Waals surface area (Å²) >= 11 is 0. The Morgan fingerprint density at radius 2 is 2.26 bits per heavy atom. The maximum absolute atomic E-state index is 11.6. The Hall–Kier alpha value is -1.36. The van der Waals surface area contributed by atoms with Crippen LogP contribution in [0, 0.1) is 13.8 Å². The molecule has 108 valence electrons. The highest BCUT2D eigenvalue weighted by atomic mass is 16.1. The zero-order chi connectivity index (χ0) is 14.3. The molecule has 1 unspecified atom stereocenters. The maximum Gasteiger partial charge on any atom is 0.221 e. The van der Waals surface area contributed by atoms with Gasteiger partial charge in [0.05, 0.1) is 5.69 Å². The zero-order valence-corrected chi connectivity index (χ0v) is 12.3. The first-order valence-electron chi connectivity index (χ1n) is 7.06. The molecule has 0 aromatic carbocycles. The Kier molecular flexibility index (Phi) is 6.56. The highest BCUT2D eigenvalue weighted by Crippen LogP contribution is 2.02. The first-order valence-corrected chi connectivity index (χ1v) is 7.06. The lowest BCUT2D eigenvalue weighted by atomic mass is 10.1. The lowest BCUT2D eigenvalue weighted by Gasteiger charge is -2.10. The fourth-order valence-electron chi connectivity index (χ4n) is 2.14. The second-order valence-electron chi connectivity index (χ2n) is 5.11. The van der Waals surface area contributed by atoms with E-state index in [1.807, 2.05) is 18.5 Å². The number of hydrogen-bond donors (Lipinski definition) is 2. The third-order valence-corrected chi connectivity index (χ3v) is 3.08. The highest BCUT2D eigenvalue weighted by Gasteiger charge is 2.08. The molecule has 0 spiro atoms. The monoisotopic (exact) mass is 266 g/mol. The second-order valence-corrected chi connectivity index (χ2v) is 5.11. The minimum Gasteiger partial charge on any atom is -0.356 e.